The number of carbonyl (C=O) groups excluding carboxylic acids is 2. The Morgan fingerprint density at radius 1 is 1.11 bits per heavy atom. The van der Waals surface area contributed by atoms with Crippen molar-refractivity contribution in [2.75, 3.05) is 20.3 Å². The minimum Gasteiger partial charge on any atom is -0.463 e. The monoisotopic (exact) mass is 260 g/mol. The summed E-state index contributed by atoms with van der Waals surface area (Å²) in [6.45, 7) is 8.07. The molecular weight excluding hydrogens is 236 g/mol. The lowest BCUT2D eigenvalue weighted by atomic mass is 10.1. The highest BCUT2D eigenvalue weighted by Gasteiger charge is 2.26. The molecule has 0 fully saturated rings. The molecule has 0 aliphatic rings. The number of carbonyl (C=O) groups is 2. The predicted molar refractivity (Wildman–Crippen MR) is 67.4 cm³/mol. The molecule has 0 N–H and O–H groups in total. The Morgan fingerprint density at radius 2 is 1.72 bits per heavy atom. The molecule has 0 atom stereocenters. The van der Waals surface area contributed by atoms with Crippen LogP contribution in [0.25, 0.3) is 0 Å². The Balaban J connectivity index is 4.00. The number of methoxy groups -OCH3 is 1. The van der Waals surface area contributed by atoms with Crippen LogP contribution in [0.5, 0.6) is 0 Å². The first-order chi connectivity index (χ1) is 8.22. The fourth-order valence-electron chi connectivity index (χ4n) is 0.973. The minimum absolute atomic E-state index is 0.114. The fraction of sp³-hybridized carbons (Fsp3) is 0.846. The molecule has 0 aromatic rings. The molecule has 0 unspecified atom stereocenters. The summed E-state index contributed by atoms with van der Waals surface area (Å²) in [7, 11) is 1.62. The number of esters is 1. The lowest BCUT2D eigenvalue weighted by molar-refractivity contribution is -0.160. The summed E-state index contributed by atoms with van der Waals surface area (Å²) in [6.07, 6.45) is 1.00. The van der Waals surface area contributed by atoms with Gasteiger partial charge in [0, 0.05) is 13.5 Å². The van der Waals surface area contributed by atoms with Crippen LogP contribution in [0, 0.1) is 0 Å². The van der Waals surface area contributed by atoms with Gasteiger partial charge in [-0.3, -0.25) is 4.79 Å². The van der Waals surface area contributed by atoms with E-state index in [0.717, 1.165) is 0 Å². The zero-order valence-electron chi connectivity index (χ0n) is 11.9. The van der Waals surface area contributed by atoms with E-state index in [9.17, 15) is 9.59 Å². The van der Waals surface area contributed by atoms with Crippen molar-refractivity contribution in [1.29, 1.82) is 0 Å². The number of hydrogen-bond donors (Lipinski definition) is 0. The van der Waals surface area contributed by atoms with Crippen molar-refractivity contribution in [2.45, 2.75) is 51.7 Å². The summed E-state index contributed by atoms with van der Waals surface area (Å²) >= 11 is 0. The van der Waals surface area contributed by atoms with Gasteiger partial charge in [-0.25, -0.2) is 0 Å². The SMILES string of the molecule is COC(C)(C)COC(C)(C)COC(=O)CCC=O. The summed E-state index contributed by atoms with van der Waals surface area (Å²) in [5, 5.41) is 0. The van der Waals surface area contributed by atoms with E-state index in [4.69, 9.17) is 14.2 Å². The molecule has 106 valence electrons. The van der Waals surface area contributed by atoms with Crippen LogP contribution in [0.15, 0.2) is 0 Å². The predicted octanol–water partition coefficient (Wildman–Crippen LogP) is 1.73. The fourth-order valence-corrected chi connectivity index (χ4v) is 0.973. The van der Waals surface area contributed by atoms with Crippen molar-refractivity contribution in [1.82, 2.24) is 0 Å². The maximum atomic E-state index is 11.2. The van der Waals surface area contributed by atoms with Crippen LogP contribution >= 0.6 is 0 Å². The highest BCUT2D eigenvalue weighted by Crippen LogP contribution is 2.16. The van der Waals surface area contributed by atoms with Gasteiger partial charge >= 0.3 is 5.97 Å². The molecule has 0 radical (unpaired) electrons. The third-order valence-electron chi connectivity index (χ3n) is 2.41. The van der Waals surface area contributed by atoms with Gasteiger partial charge in [-0.15, -0.1) is 0 Å². The van der Waals surface area contributed by atoms with E-state index in [2.05, 4.69) is 0 Å². The molecular formula is C13H24O5. The second-order valence-electron chi connectivity index (χ2n) is 5.38. The zero-order chi connectivity index (χ0) is 14.2. The topological polar surface area (TPSA) is 61.8 Å². The van der Waals surface area contributed by atoms with Gasteiger partial charge in [0.1, 0.15) is 12.9 Å². The Labute approximate surface area is 109 Å². The molecule has 5 heteroatoms. The second kappa shape index (κ2) is 7.48. The highest BCUT2D eigenvalue weighted by atomic mass is 16.6. The molecule has 0 aliphatic carbocycles. The molecule has 0 bridgehead atoms. The summed E-state index contributed by atoms with van der Waals surface area (Å²) in [4.78, 5) is 21.4. The molecule has 0 saturated heterocycles. The van der Waals surface area contributed by atoms with Crippen LogP contribution in [-0.4, -0.2) is 43.8 Å². The number of hydrogen-bond acceptors (Lipinski definition) is 5. The number of rotatable bonds is 9. The molecule has 18 heavy (non-hydrogen) atoms. The van der Waals surface area contributed by atoms with Crippen LogP contribution in [-0.2, 0) is 23.8 Å². The third-order valence-corrected chi connectivity index (χ3v) is 2.41. The van der Waals surface area contributed by atoms with Crippen LogP contribution in [0.2, 0.25) is 0 Å². The molecule has 0 aliphatic heterocycles. The molecule has 0 aromatic carbocycles. The molecule has 5 nitrogen and oxygen atoms in total. The summed E-state index contributed by atoms with van der Waals surface area (Å²) in [5.41, 5.74) is -0.953. The molecule has 0 heterocycles. The van der Waals surface area contributed by atoms with Crippen LogP contribution in [0.1, 0.15) is 40.5 Å². The van der Waals surface area contributed by atoms with Gasteiger partial charge in [-0.1, -0.05) is 0 Å². The van der Waals surface area contributed by atoms with Crippen molar-refractivity contribution < 1.29 is 23.8 Å². The Kier molecular flexibility index (Phi) is 7.09. The summed E-state index contributed by atoms with van der Waals surface area (Å²) in [5.74, 6) is -0.384. The molecule has 0 saturated carbocycles. The van der Waals surface area contributed by atoms with Gasteiger partial charge in [0.05, 0.1) is 24.2 Å². The first-order valence-corrected chi connectivity index (χ1v) is 6.01. The minimum atomic E-state index is -0.577. The molecule has 0 amide bonds. The largest absolute Gasteiger partial charge is 0.463 e. The quantitative estimate of drug-likeness (QED) is 0.466. The van der Waals surface area contributed by atoms with Crippen LogP contribution in [0.3, 0.4) is 0 Å². The normalized spacial score (nSPS) is 12.3. The van der Waals surface area contributed by atoms with Crippen molar-refractivity contribution in [3.63, 3.8) is 0 Å². The first kappa shape index (κ1) is 17.1. The Morgan fingerprint density at radius 3 is 2.22 bits per heavy atom. The van der Waals surface area contributed by atoms with Gasteiger partial charge in [-0.2, -0.15) is 0 Å². The highest BCUT2D eigenvalue weighted by molar-refractivity contribution is 5.72. The average molecular weight is 260 g/mol. The van der Waals surface area contributed by atoms with Crippen LogP contribution < -0.4 is 0 Å². The van der Waals surface area contributed by atoms with E-state index in [1.165, 1.54) is 0 Å². The molecule has 0 aromatic heterocycles. The van der Waals surface area contributed by atoms with Gasteiger partial charge in [0.25, 0.3) is 0 Å². The number of aldehydes is 1. The van der Waals surface area contributed by atoms with Crippen molar-refractivity contribution in [3.8, 4) is 0 Å². The average Bonchev–Trinajstić information content (AvgIpc) is 2.32. The van der Waals surface area contributed by atoms with Crippen LogP contribution in [0.4, 0.5) is 0 Å². The van der Waals surface area contributed by atoms with Gasteiger partial charge in [0.2, 0.25) is 0 Å². The van der Waals surface area contributed by atoms with Gasteiger partial charge in [0.15, 0.2) is 0 Å². The molecule has 0 rings (SSSR count). The standard InChI is InChI=1S/C13H24O5/c1-12(2,16-5)10-18-13(3,4)9-17-11(15)7-6-8-14/h8H,6-7,9-10H2,1-5H3. The van der Waals surface area contributed by atoms with E-state index in [0.29, 0.717) is 12.9 Å². The van der Waals surface area contributed by atoms with Crippen molar-refractivity contribution >= 4 is 12.3 Å². The zero-order valence-corrected chi connectivity index (χ0v) is 11.9. The Hall–Kier alpha value is -0.940. The summed E-state index contributed by atoms with van der Waals surface area (Å²) < 4.78 is 16.0. The smallest absolute Gasteiger partial charge is 0.306 e. The maximum Gasteiger partial charge on any atom is 0.306 e. The maximum absolute atomic E-state index is 11.2. The Bertz CT molecular complexity index is 271. The first-order valence-electron chi connectivity index (χ1n) is 6.01. The third kappa shape index (κ3) is 8.20. The lowest BCUT2D eigenvalue weighted by Crippen LogP contribution is -2.39. The van der Waals surface area contributed by atoms with E-state index >= 15 is 0 Å². The van der Waals surface area contributed by atoms with Gasteiger partial charge < -0.3 is 19.0 Å². The second-order valence-corrected chi connectivity index (χ2v) is 5.38. The molecule has 0 spiro atoms. The van der Waals surface area contributed by atoms with E-state index in [1.54, 1.807) is 7.11 Å². The van der Waals surface area contributed by atoms with E-state index < -0.39 is 5.60 Å². The van der Waals surface area contributed by atoms with Gasteiger partial charge in [-0.05, 0) is 27.7 Å². The summed E-state index contributed by atoms with van der Waals surface area (Å²) in [6, 6.07) is 0. The van der Waals surface area contributed by atoms with Crippen molar-refractivity contribution in [3.05, 3.63) is 0 Å². The van der Waals surface area contributed by atoms with Crippen molar-refractivity contribution in [2.24, 2.45) is 0 Å². The van der Waals surface area contributed by atoms with E-state index in [-0.39, 0.29) is 31.0 Å². The lowest BCUT2D eigenvalue weighted by Gasteiger charge is -2.30. The van der Waals surface area contributed by atoms with E-state index in [1.807, 2.05) is 27.7 Å². The number of ether oxygens (including phenoxy) is 3.